The maximum absolute atomic E-state index is 11.9. The highest BCUT2D eigenvalue weighted by atomic mass is 16.2. The van der Waals surface area contributed by atoms with Gasteiger partial charge in [-0.25, -0.2) is 9.79 Å². The lowest BCUT2D eigenvalue weighted by Crippen LogP contribution is -2.28. The standard InChI is InChI=1S/C16H20N2O2/c1-3-18(4-2)16(20)9-8-14-6-5-7-15(12-14)10-11-17-13-19/h5-9,12H,3-4,10-11H2,1-2H3. The summed E-state index contributed by atoms with van der Waals surface area (Å²) in [5, 5.41) is 0. The van der Waals surface area contributed by atoms with Crippen LogP contribution in [0.25, 0.3) is 6.08 Å². The largest absolute Gasteiger partial charge is 0.340 e. The molecular formula is C16H20N2O2. The van der Waals surface area contributed by atoms with Gasteiger partial charge in [0.15, 0.2) is 0 Å². The molecule has 0 spiro atoms. The number of carbonyl (C=O) groups excluding carboxylic acids is 2. The van der Waals surface area contributed by atoms with Crippen LogP contribution in [0.3, 0.4) is 0 Å². The Labute approximate surface area is 119 Å². The van der Waals surface area contributed by atoms with Crippen molar-refractivity contribution in [3.05, 3.63) is 41.5 Å². The first-order valence-corrected chi connectivity index (χ1v) is 6.80. The summed E-state index contributed by atoms with van der Waals surface area (Å²) in [6.07, 6.45) is 5.63. The maximum atomic E-state index is 11.9. The molecular weight excluding hydrogens is 252 g/mol. The van der Waals surface area contributed by atoms with Gasteiger partial charge in [0.05, 0.1) is 6.54 Å². The zero-order valence-corrected chi connectivity index (χ0v) is 12.0. The molecule has 0 aliphatic rings. The summed E-state index contributed by atoms with van der Waals surface area (Å²) < 4.78 is 0. The summed E-state index contributed by atoms with van der Waals surface area (Å²) in [4.78, 5) is 27.2. The third-order valence-corrected chi connectivity index (χ3v) is 3.02. The SMILES string of the molecule is CCN(CC)C(=O)C=Cc1cccc(CCN=C=O)c1. The van der Waals surface area contributed by atoms with Crippen molar-refractivity contribution in [2.75, 3.05) is 19.6 Å². The Morgan fingerprint density at radius 2 is 2.10 bits per heavy atom. The first kappa shape index (κ1) is 15.9. The summed E-state index contributed by atoms with van der Waals surface area (Å²) in [5.74, 6) is 0.0194. The molecule has 0 aliphatic carbocycles. The zero-order valence-electron chi connectivity index (χ0n) is 12.0. The van der Waals surface area contributed by atoms with Crippen LogP contribution >= 0.6 is 0 Å². The molecule has 1 aromatic carbocycles. The second-order valence-electron chi connectivity index (χ2n) is 4.31. The molecule has 106 valence electrons. The summed E-state index contributed by atoms with van der Waals surface area (Å²) in [7, 11) is 0. The highest BCUT2D eigenvalue weighted by Gasteiger charge is 2.04. The van der Waals surface area contributed by atoms with Crippen LogP contribution in [0.2, 0.25) is 0 Å². The van der Waals surface area contributed by atoms with E-state index in [0.29, 0.717) is 26.1 Å². The van der Waals surface area contributed by atoms with Crippen LogP contribution in [-0.4, -0.2) is 36.5 Å². The predicted octanol–water partition coefficient (Wildman–Crippen LogP) is 2.45. The van der Waals surface area contributed by atoms with Crippen LogP contribution < -0.4 is 0 Å². The van der Waals surface area contributed by atoms with Crippen LogP contribution in [0.5, 0.6) is 0 Å². The fraction of sp³-hybridized carbons (Fsp3) is 0.375. The maximum Gasteiger partial charge on any atom is 0.246 e. The van der Waals surface area contributed by atoms with Gasteiger partial charge in [0, 0.05) is 19.2 Å². The smallest absolute Gasteiger partial charge is 0.246 e. The van der Waals surface area contributed by atoms with E-state index in [0.717, 1.165) is 11.1 Å². The first-order valence-electron chi connectivity index (χ1n) is 6.80. The number of likely N-dealkylation sites (N-methyl/N-ethyl adjacent to an activating group) is 1. The number of isocyanates is 1. The summed E-state index contributed by atoms with van der Waals surface area (Å²) >= 11 is 0. The molecule has 0 unspecified atom stereocenters. The Morgan fingerprint density at radius 3 is 2.75 bits per heavy atom. The van der Waals surface area contributed by atoms with Crippen LogP contribution in [-0.2, 0) is 16.0 Å². The second kappa shape index (κ2) is 8.83. The Morgan fingerprint density at radius 1 is 1.35 bits per heavy atom. The Kier molecular flexibility index (Phi) is 7.01. The van der Waals surface area contributed by atoms with Gasteiger partial charge in [-0.15, -0.1) is 0 Å². The van der Waals surface area contributed by atoms with Gasteiger partial charge in [0.25, 0.3) is 0 Å². The van der Waals surface area contributed by atoms with Crippen molar-refractivity contribution in [1.82, 2.24) is 4.90 Å². The van der Waals surface area contributed by atoms with Gasteiger partial charge in [-0.3, -0.25) is 4.79 Å². The molecule has 1 rings (SSSR count). The minimum atomic E-state index is 0.0194. The van der Waals surface area contributed by atoms with Crippen molar-refractivity contribution >= 4 is 18.1 Å². The van der Waals surface area contributed by atoms with Crippen molar-refractivity contribution < 1.29 is 9.59 Å². The first-order chi connectivity index (χ1) is 9.71. The second-order valence-corrected chi connectivity index (χ2v) is 4.31. The average molecular weight is 272 g/mol. The molecule has 0 saturated carbocycles. The Balaban J connectivity index is 2.70. The molecule has 1 amide bonds. The van der Waals surface area contributed by atoms with Gasteiger partial charge in [0.2, 0.25) is 12.0 Å². The molecule has 0 saturated heterocycles. The van der Waals surface area contributed by atoms with Gasteiger partial charge in [-0.05, 0) is 37.5 Å². The summed E-state index contributed by atoms with van der Waals surface area (Å²) in [5.41, 5.74) is 2.06. The molecule has 0 N–H and O–H groups in total. The lowest BCUT2D eigenvalue weighted by Gasteiger charge is -2.15. The molecule has 1 aromatic rings. The van der Waals surface area contributed by atoms with E-state index in [2.05, 4.69) is 4.99 Å². The quantitative estimate of drug-likeness (QED) is 0.435. The van der Waals surface area contributed by atoms with E-state index in [1.807, 2.05) is 44.2 Å². The van der Waals surface area contributed by atoms with Crippen molar-refractivity contribution in [3.63, 3.8) is 0 Å². The average Bonchev–Trinajstić information content (AvgIpc) is 2.47. The van der Waals surface area contributed by atoms with Crippen molar-refractivity contribution in [2.24, 2.45) is 4.99 Å². The molecule has 0 atom stereocenters. The topological polar surface area (TPSA) is 49.7 Å². The van der Waals surface area contributed by atoms with E-state index in [1.54, 1.807) is 11.0 Å². The van der Waals surface area contributed by atoms with Gasteiger partial charge >= 0.3 is 0 Å². The van der Waals surface area contributed by atoms with Crippen LogP contribution in [0.4, 0.5) is 0 Å². The van der Waals surface area contributed by atoms with Crippen LogP contribution in [0, 0.1) is 0 Å². The highest BCUT2D eigenvalue weighted by molar-refractivity contribution is 5.91. The Bertz CT molecular complexity index is 513. The number of nitrogens with zero attached hydrogens (tertiary/aromatic N) is 2. The van der Waals surface area contributed by atoms with Gasteiger partial charge in [-0.2, -0.15) is 0 Å². The van der Waals surface area contributed by atoms with E-state index in [-0.39, 0.29) is 5.91 Å². The molecule has 0 heterocycles. The third-order valence-electron chi connectivity index (χ3n) is 3.02. The fourth-order valence-corrected chi connectivity index (χ4v) is 1.89. The zero-order chi connectivity index (χ0) is 14.8. The predicted molar refractivity (Wildman–Crippen MR) is 80.1 cm³/mol. The van der Waals surface area contributed by atoms with Gasteiger partial charge < -0.3 is 4.90 Å². The van der Waals surface area contributed by atoms with Crippen LogP contribution in [0.1, 0.15) is 25.0 Å². The third kappa shape index (κ3) is 5.21. The number of hydrogen-bond acceptors (Lipinski definition) is 3. The number of carbonyl (C=O) groups is 1. The monoisotopic (exact) mass is 272 g/mol. The van der Waals surface area contributed by atoms with E-state index in [1.165, 1.54) is 6.08 Å². The lowest BCUT2D eigenvalue weighted by atomic mass is 10.1. The van der Waals surface area contributed by atoms with Crippen molar-refractivity contribution in [3.8, 4) is 0 Å². The van der Waals surface area contributed by atoms with Gasteiger partial charge in [0.1, 0.15) is 0 Å². The number of hydrogen-bond donors (Lipinski definition) is 0. The normalized spacial score (nSPS) is 10.3. The van der Waals surface area contributed by atoms with E-state index in [9.17, 15) is 9.59 Å². The summed E-state index contributed by atoms with van der Waals surface area (Å²) in [6, 6.07) is 7.84. The molecule has 0 bridgehead atoms. The van der Waals surface area contributed by atoms with E-state index < -0.39 is 0 Å². The fourth-order valence-electron chi connectivity index (χ4n) is 1.89. The highest BCUT2D eigenvalue weighted by Crippen LogP contribution is 2.08. The van der Waals surface area contributed by atoms with Crippen molar-refractivity contribution in [2.45, 2.75) is 20.3 Å². The number of benzene rings is 1. The molecule has 0 aromatic heterocycles. The molecule has 0 radical (unpaired) electrons. The number of rotatable bonds is 7. The number of aliphatic imine (C=N–C) groups is 1. The minimum Gasteiger partial charge on any atom is -0.340 e. The molecule has 20 heavy (non-hydrogen) atoms. The summed E-state index contributed by atoms with van der Waals surface area (Å²) in [6.45, 7) is 5.79. The molecule has 0 fully saturated rings. The van der Waals surface area contributed by atoms with Crippen LogP contribution in [0.15, 0.2) is 35.3 Å². The minimum absolute atomic E-state index is 0.0194. The van der Waals surface area contributed by atoms with E-state index in [4.69, 9.17) is 0 Å². The molecule has 0 aliphatic heterocycles. The van der Waals surface area contributed by atoms with Crippen molar-refractivity contribution in [1.29, 1.82) is 0 Å². The van der Waals surface area contributed by atoms with Gasteiger partial charge in [-0.1, -0.05) is 24.3 Å². The Hall–Kier alpha value is -2.19. The lowest BCUT2D eigenvalue weighted by molar-refractivity contribution is -0.125. The van der Waals surface area contributed by atoms with E-state index >= 15 is 0 Å². The molecule has 4 nitrogen and oxygen atoms in total. The number of amides is 1. The molecule has 4 heteroatoms.